The molecule has 1 aliphatic heterocycles. The number of pyridine rings is 1. The first kappa shape index (κ1) is 12.6. The van der Waals surface area contributed by atoms with Gasteiger partial charge in [-0.15, -0.1) is 0 Å². The van der Waals surface area contributed by atoms with E-state index in [2.05, 4.69) is 27.8 Å². The Morgan fingerprint density at radius 3 is 2.71 bits per heavy atom. The topological polar surface area (TPSA) is 33.2 Å². The van der Waals surface area contributed by atoms with Crippen molar-refractivity contribution in [1.29, 1.82) is 0 Å². The summed E-state index contributed by atoms with van der Waals surface area (Å²) in [5.74, 6) is 0.904. The fourth-order valence-corrected chi connectivity index (χ4v) is 2.46. The number of nitrogens with zero attached hydrogens (tertiary/aromatic N) is 2. The smallest absolute Gasteiger partial charge is 0.255 e. The van der Waals surface area contributed by atoms with Gasteiger partial charge in [-0.1, -0.05) is 13.3 Å². The Morgan fingerprint density at radius 1 is 1.47 bits per heavy atom. The van der Waals surface area contributed by atoms with E-state index in [-0.39, 0.29) is 5.91 Å². The lowest BCUT2D eigenvalue weighted by Gasteiger charge is -2.31. The molecule has 2 heterocycles. The van der Waals surface area contributed by atoms with Gasteiger partial charge in [-0.3, -0.25) is 4.79 Å². The Kier molecular flexibility index (Phi) is 4.15. The average molecular weight is 297 g/mol. The second-order valence-electron chi connectivity index (χ2n) is 4.51. The van der Waals surface area contributed by atoms with Crippen LogP contribution in [-0.4, -0.2) is 28.9 Å². The summed E-state index contributed by atoms with van der Waals surface area (Å²) in [7, 11) is 0. The highest BCUT2D eigenvalue weighted by molar-refractivity contribution is 9.10. The van der Waals surface area contributed by atoms with E-state index in [0.29, 0.717) is 5.56 Å². The maximum Gasteiger partial charge on any atom is 0.255 e. The molecule has 0 aliphatic carbocycles. The van der Waals surface area contributed by atoms with E-state index in [1.165, 1.54) is 6.42 Å². The van der Waals surface area contributed by atoms with Crippen molar-refractivity contribution in [1.82, 2.24) is 9.88 Å². The summed E-state index contributed by atoms with van der Waals surface area (Å²) in [6, 6.07) is 3.64. The lowest BCUT2D eigenvalue weighted by atomic mass is 9.94. The van der Waals surface area contributed by atoms with Gasteiger partial charge >= 0.3 is 0 Å². The van der Waals surface area contributed by atoms with Crippen LogP contribution in [0.15, 0.2) is 22.9 Å². The second kappa shape index (κ2) is 5.63. The SMILES string of the molecule is CCC1CCN(C(=O)c2ccc(Br)nc2)CC1. The monoisotopic (exact) mass is 296 g/mol. The predicted molar refractivity (Wildman–Crippen MR) is 70.9 cm³/mol. The third-order valence-electron chi connectivity index (χ3n) is 3.45. The zero-order valence-corrected chi connectivity index (χ0v) is 11.6. The molecule has 0 N–H and O–H groups in total. The Morgan fingerprint density at radius 2 is 2.18 bits per heavy atom. The zero-order valence-electron chi connectivity index (χ0n) is 10.0. The number of halogens is 1. The van der Waals surface area contributed by atoms with Crippen LogP contribution in [0, 0.1) is 5.92 Å². The van der Waals surface area contributed by atoms with Crippen molar-refractivity contribution in [3.05, 3.63) is 28.5 Å². The summed E-state index contributed by atoms with van der Waals surface area (Å²) in [5.41, 5.74) is 0.683. The Labute approximate surface area is 110 Å². The summed E-state index contributed by atoms with van der Waals surface area (Å²) in [6.07, 6.45) is 5.12. The lowest BCUT2D eigenvalue weighted by molar-refractivity contribution is 0.0688. The molecule has 92 valence electrons. The number of piperidine rings is 1. The minimum Gasteiger partial charge on any atom is -0.339 e. The molecule has 0 radical (unpaired) electrons. The fraction of sp³-hybridized carbons (Fsp3) is 0.538. The van der Waals surface area contributed by atoms with E-state index in [0.717, 1.165) is 36.5 Å². The molecule has 0 bridgehead atoms. The number of hydrogen-bond donors (Lipinski definition) is 0. The van der Waals surface area contributed by atoms with E-state index in [1.807, 2.05) is 17.0 Å². The van der Waals surface area contributed by atoms with Gasteiger partial charge in [0.15, 0.2) is 0 Å². The van der Waals surface area contributed by atoms with Crippen LogP contribution in [0.25, 0.3) is 0 Å². The molecule has 1 aliphatic rings. The molecule has 17 heavy (non-hydrogen) atoms. The molecule has 0 spiro atoms. The molecule has 2 rings (SSSR count). The molecule has 1 aromatic heterocycles. The molecular weight excluding hydrogens is 280 g/mol. The van der Waals surface area contributed by atoms with E-state index >= 15 is 0 Å². The van der Waals surface area contributed by atoms with Gasteiger partial charge in [0, 0.05) is 19.3 Å². The Hall–Kier alpha value is -0.900. The van der Waals surface area contributed by atoms with Crippen LogP contribution < -0.4 is 0 Å². The number of rotatable bonds is 2. The van der Waals surface area contributed by atoms with Gasteiger partial charge in [0.25, 0.3) is 5.91 Å². The summed E-state index contributed by atoms with van der Waals surface area (Å²) < 4.78 is 0.763. The van der Waals surface area contributed by atoms with Crippen molar-refractivity contribution < 1.29 is 4.79 Å². The first-order valence-electron chi connectivity index (χ1n) is 6.11. The highest BCUT2D eigenvalue weighted by Gasteiger charge is 2.22. The molecule has 1 aromatic rings. The van der Waals surface area contributed by atoms with E-state index in [1.54, 1.807) is 6.20 Å². The molecule has 1 saturated heterocycles. The van der Waals surface area contributed by atoms with Gasteiger partial charge in [0.1, 0.15) is 4.60 Å². The molecule has 3 nitrogen and oxygen atoms in total. The molecule has 0 saturated carbocycles. The Bertz CT molecular complexity index is 383. The highest BCUT2D eigenvalue weighted by Crippen LogP contribution is 2.21. The first-order chi connectivity index (χ1) is 8.20. The minimum absolute atomic E-state index is 0.111. The van der Waals surface area contributed by atoms with E-state index < -0.39 is 0 Å². The third kappa shape index (κ3) is 3.06. The van der Waals surface area contributed by atoms with Crippen molar-refractivity contribution in [3.8, 4) is 0 Å². The van der Waals surface area contributed by atoms with Crippen LogP contribution in [0.2, 0.25) is 0 Å². The third-order valence-corrected chi connectivity index (χ3v) is 3.92. The maximum atomic E-state index is 12.2. The van der Waals surface area contributed by atoms with Gasteiger partial charge in [-0.05, 0) is 46.8 Å². The molecule has 1 fully saturated rings. The largest absolute Gasteiger partial charge is 0.339 e. The van der Waals surface area contributed by atoms with Crippen molar-refractivity contribution in [3.63, 3.8) is 0 Å². The number of amides is 1. The molecule has 1 amide bonds. The van der Waals surface area contributed by atoms with Crippen molar-refractivity contribution >= 4 is 21.8 Å². The average Bonchev–Trinajstić information content (AvgIpc) is 2.39. The Balaban J connectivity index is 1.99. The molecule has 0 atom stereocenters. The number of hydrogen-bond acceptors (Lipinski definition) is 2. The summed E-state index contributed by atoms with van der Waals surface area (Å²) in [5, 5.41) is 0. The van der Waals surface area contributed by atoms with Gasteiger partial charge in [-0.2, -0.15) is 0 Å². The normalized spacial score (nSPS) is 17.2. The quantitative estimate of drug-likeness (QED) is 0.786. The van der Waals surface area contributed by atoms with Gasteiger partial charge < -0.3 is 4.90 Å². The van der Waals surface area contributed by atoms with Crippen molar-refractivity contribution in [2.24, 2.45) is 5.92 Å². The van der Waals surface area contributed by atoms with Crippen LogP contribution in [-0.2, 0) is 0 Å². The van der Waals surface area contributed by atoms with Crippen LogP contribution >= 0.6 is 15.9 Å². The van der Waals surface area contributed by atoms with Crippen LogP contribution in [0.4, 0.5) is 0 Å². The number of likely N-dealkylation sites (tertiary alicyclic amines) is 1. The van der Waals surface area contributed by atoms with Crippen molar-refractivity contribution in [2.75, 3.05) is 13.1 Å². The van der Waals surface area contributed by atoms with Crippen molar-refractivity contribution in [2.45, 2.75) is 26.2 Å². The summed E-state index contributed by atoms with van der Waals surface area (Å²) in [4.78, 5) is 18.2. The van der Waals surface area contributed by atoms with Crippen LogP contribution in [0.3, 0.4) is 0 Å². The number of carbonyl (C=O) groups excluding carboxylic acids is 1. The zero-order chi connectivity index (χ0) is 12.3. The lowest BCUT2D eigenvalue weighted by Crippen LogP contribution is -2.38. The first-order valence-corrected chi connectivity index (χ1v) is 6.91. The molecule has 0 unspecified atom stereocenters. The van der Waals surface area contributed by atoms with Gasteiger partial charge in [-0.25, -0.2) is 4.98 Å². The van der Waals surface area contributed by atoms with Gasteiger partial charge in [0.05, 0.1) is 5.56 Å². The minimum atomic E-state index is 0.111. The van der Waals surface area contributed by atoms with Gasteiger partial charge in [0.2, 0.25) is 0 Å². The predicted octanol–water partition coefficient (Wildman–Crippen LogP) is 3.11. The number of carbonyl (C=O) groups is 1. The standard InChI is InChI=1S/C13H17BrN2O/c1-2-10-5-7-16(8-6-10)13(17)11-3-4-12(14)15-9-11/h3-4,9-10H,2,5-8H2,1H3. The maximum absolute atomic E-state index is 12.2. The van der Waals surface area contributed by atoms with Crippen LogP contribution in [0.1, 0.15) is 36.5 Å². The molecule has 0 aromatic carbocycles. The molecular formula is C13H17BrN2O. The van der Waals surface area contributed by atoms with E-state index in [9.17, 15) is 4.79 Å². The fourth-order valence-electron chi connectivity index (χ4n) is 2.23. The molecule has 4 heteroatoms. The van der Waals surface area contributed by atoms with Crippen LogP contribution in [0.5, 0.6) is 0 Å². The summed E-state index contributed by atoms with van der Waals surface area (Å²) in [6.45, 7) is 3.99. The summed E-state index contributed by atoms with van der Waals surface area (Å²) >= 11 is 3.27. The number of aromatic nitrogens is 1. The van der Waals surface area contributed by atoms with E-state index in [4.69, 9.17) is 0 Å². The highest BCUT2D eigenvalue weighted by atomic mass is 79.9. The second-order valence-corrected chi connectivity index (χ2v) is 5.33.